The maximum absolute atomic E-state index is 12.3. The van der Waals surface area contributed by atoms with E-state index in [1.807, 2.05) is 6.92 Å². The zero-order valence-electron chi connectivity index (χ0n) is 19.9. The molecule has 2 nitrogen and oxygen atoms in total. The van der Waals surface area contributed by atoms with Crippen LogP contribution in [0.5, 0.6) is 0 Å². The monoisotopic (exact) mass is 399 g/mol. The maximum Gasteiger partial charge on any atom is 0.246 e. The van der Waals surface area contributed by atoms with E-state index in [9.17, 15) is 4.79 Å². The number of rotatable bonds is 5. The van der Waals surface area contributed by atoms with Gasteiger partial charge in [0.1, 0.15) is 0 Å². The summed E-state index contributed by atoms with van der Waals surface area (Å²) in [5.41, 5.74) is 1.67. The lowest BCUT2D eigenvalue weighted by molar-refractivity contribution is -0.124. The Morgan fingerprint density at radius 2 is 1.79 bits per heavy atom. The highest BCUT2D eigenvalue weighted by Gasteiger charge is 2.60. The zero-order chi connectivity index (χ0) is 21.0. The van der Waals surface area contributed by atoms with Crippen molar-refractivity contribution in [3.05, 3.63) is 11.6 Å². The number of hydrogen-bond donors (Lipinski definition) is 1. The van der Waals surface area contributed by atoms with E-state index >= 15 is 0 Å². The van der Waals surface area contributed by atoms with Crippen molar-refractivity contribution < 1.29 is 4.79 Å². The van der Waals surface area contributed by atoms with Crippen molar-refractivity contribution >= 4 is 5.91 Å². The minimum Gasteiger partial charge on any atom is -0.349 e. The molecule has 3 fully saturated rings. The Morgan fingerprint density at radius 1 is 1.03 bits per heavy atom. The average Bonchev–Trinajstić information content (AvgIpc) is 3.00. The summed E-state index contributed by atoms with van der Waals surface area (Å²) >= 11 is 0. The Balaban J connectivity index is 1.51. The number of nitrogens with one attached hydrogen (secondary N) is 1. The van der Waals surface area contributed by atoms with Gasteiger partial charge in [0, 0.05) is 17.0 Å². The number of carbonyl (C=O) groups excluding carboxylic acids is 1. The highest BCUT2D eigenvalue weighted by Crippen LogP contribution is 2.66. The molecule has 0 spiro atoms. The van der Waals surface area contributed by atoms with Crippen LogP contribution in [0.25, 0.3) is 0 Å². The SMILES string of the molecule is CC1=C[C@@]2(C)[C@@H](CC[C@@H]3[C@@H]2CC[C@]2(C)[C@@H]([C@H](C)CCCC(C)C)CC[C@@H]32)NC1=O. The molecule has 1 amide bonds. The molecule has 0 radical (unpaired) electrons. The van der Waals surface area contributed by atoms with Gasteiger partial charge in [-0.15, -0.1) is 0 Å². The summed E-state index contributed by atoms with van der Waals surface area (Å²) in [5, 5.41) is 3.36. The predicted octanol–water partition coefficient (Wildman–Crippen LogP) is 6.75. The highest BCUT2D eigenvalue weighted by atomic mass is 16.1. The molecule has 0 unspecified atom stereocenters. The van der Waals surface area contributed by atoms with Crippen LogP contribution in [0.3, 0.4) is 0 Å². The molecular weight excluding hydrogens is 354 g/mol. The third kappa shape index (κ3) is 3.51. The number of amides is 1. The highest BCUT2D eigenvalue weighted by molar-refractivity contribution is 5.94. The quantitative estimate of drug-likeness (QED) is 0.544. The summed E-state index contributed by atoms with van der Waals surface area (Å²) in [6.45, 7) is 14.4. The normalized spacial score (nSPS) is 45.1. The molecular formula is C27H45NO. The second-order valence-electron chi connectivity index (χ2n) is 12.2. The van der Waals surface area contributed by atoms with Gasteiger partial charge in [0.2, 0.25) is 5.91 Å². The molecule has 8 atom stereocenters. The van der Waals surface area contributed by atoms with Crippen LogP contribution in [0.1, 0.15) is 99.3 Å². The predicted molar refractivity (Wildman–Crippen MR) is 121 cm³/mol. The lowest BCUT2D eigenvalue weighted by Gasteiger charge is -2.59. The fourth-order valence-electron chi connectivity index (χ4n) is 8.65. The first-order valence-electron chi connectivity index (χ1n) is 12.7. The third-order valence-corrected chi connectivity index (χ3v) is 10.2. The van der Waals surface area contributed by atoms with E-state index in [2.05, 4.69) is 46.0 Å². The molecule has 0 aromatic carbocycles. The van der Waals surface area contributed by atoms with Crippen molar-refractivity contribution in [1.29, 1.82) is 0 Å². The fourth-order valence-corrected chi connectivity index (χ4v) is 8.65. The molecule has 1 heterocycles. The minimum atomic E-state index is 0.169. The summed E-state index contributed by atoms with van der Waals surface area (Å²) in [6, 6.07) is 0.358. The summed E-state index contributed by atoms with van der Waals surface area (Å²) in [4.78, 5) is 12.3. The van der Waals surface area contributed by atoms with Crippen LogP contribution in [0.4, 0.5) is 0 Å². The smallest absolute Gasteiger partial charge is 0.246 e. The second kappa shape index (κ2) is 7.72. The summed E-state index contributed by atoms with van der Waals surface area (Å²) in [5.74, 6) is 5.34. The lowest BCUT2D eigenvalue weighted by atomic mass is 9.47. The van der Waals surface area contributed by atoms with Crippen molar-refractivity contribution in [1.82, 2.24) is 5.32 Å². The first-order valence-corrected chi connectivity index (χ1v) is 12.7. The molecule has 1 aliphatic heterocycles. The van der Waals surface area contributed by atoms with Crippen molar-refractivity contribution in [3.8, 4) is 0 Å². The van der Waals surface area contributed by atoms with Gasteiger partial charge < -0.3 is 5.32 Å². The molecule has 4 rings (SSSR count). The van der Waals surface area contributed by atoms with Gasteiger partial charge in [-0.1, -0.05) is 60.0 Å². The Morgan fingerprint density at radius 3 is 2.52 bits per heavy atom. The van der Waals surface area contributed by atoms with Crippen LogP contribution in [0.2, 0.25) is 0 Å². The van der Waals surface area contributed by atoms with Gasteiger partial charge in [-0.25, -0.2) is 0 Å². The molecule has 164 valence electrons. The molecule has 3 aliphatic carbocycles. The van der Waals surface area contributed by atoms with Crippen LogP contribution in [0, 0.1) is 46.3 Å². The summed E-state index contributed by atoms with van der Waals surface area (Å²) < 4.78 is 0. The van der Waals surface area contributed by atoms with Crippen LogP contribution < -0.4 is 5.32 Å². The Kier molecular flexibility index (Phi) is 5.71. The van der Waals surface area contributed by atoms with Crippen LogP contribution >= 0.6 is 0 Å². The third-order valence-electron chi connectivity index (χ3n) is 10.2. The van der Waals surface area contributed by atoms with E-state index in [1.165, 1.54) is 57.8 Å². The van der Waals surface area contributed by atoms with E-state index in [0.717, 1.165) is 41.1 Å². The van der Waals surface area contributed by atoms with Gasteiger partial charge in [0.05, 0.1) is 0 Å². The van der Waals surface area contributed by atoms with Gasteiger partial charge in [0.25, 0.3) is 0 Å². The Hall–Kier alpha value is -0.790. The standard InChI is InChI=1S/C27H45NO/c1-17(2)8-7-9-18(3)21-11-12-22-20-10-13-24-27(6,16-19(4)25(29)28-24)23(20)14-15-26(21,22)5/h16-18,20-24H,7-15H2,1-6H3,(H,28,29)/t18-,20+,21-,22+,23+,24-,26-,27-/m1/s1. The largest absolute Gasteiger partial charge is 0.349 e. The van der Waals surface area contributed by atoms with E-state index < -0.39 is 0 Å². The van der Waals surface area contributed by atoms with Crippen LogP contribution in [0.15, 0.2) is 11.6 Å². The second-order valence-corrected chi connectivity index (χ2v) is 12.2. The van der Waals surface area contributed by atoms with Crippen LogP contribution in [-0.2, 0) is 4.79 Å². The van der Waals surface area contributed by atoms with E-state index in [1.54, 1.807) is 0 Å². The molecule has 0 bridgehead atoms. The molecule has 0 aromatic rings. The number of fused-ring (bicyclic) bond motifs is 5. The van der Waals surface area contributed by atoms with Crippen molar-refractivity contribution in [2.75, 3.05) is 0 Å². The zero-order valence-corrected chi connectivity index (χ0v) is 19.9. The molecule has 0 aromatic heterocycles. The Bertz CT molecular complexity index is 665. The molecule has 2 heteroatoms. The first-order chi connectivity index (χ1) is 13.7. The fraction of sp³-hybridized carbons (Fsp3) is 0.889. The van der Waals surface area contributed by atoms with Gasteiger partial charge in [0.15, 0.2) is 0 Å². The van der Waals surface area contributed by atoms with E-state index in [0.29, 0.717) is 11.5 Å². The van der Waals surface area contributed by atoms with Crippen LogP contribution in [-0.4, -0.2) is 11.9 Å². The van der Waals surface area contributed by atoms with Gasteiger partial charge in [-0.2, -0.15) is 0 Å². The lowest BCUT2D eigenvalue weighted by Crippen LogP contribution is -2.60. The first kappa shape index (κ1) is 21.4. The molecule has 4 aliphatic rings. The molecule has 3 saturated carbocycles. The van der Waals surface area contributed by atoms with E-state index in [4.69, 9.17) is 0 Å². The van der Waals surface area contributed by atoms with Crippen molar-refractivity contribution in [2.24, 2.45) is 46.3 Å². The average molecular weight is 400 g/mol. The summed E-state index contributed by atoms with van der Waals surface area (Å²) in [7, 11) is 0. The van der Waals surface area contributed by atoms with Gasteiger partial charge >= 0.3 is 0 Å². The van der Waals surface area contributed by atoms with E-state index in [-0.39, 0.29) is 11.3 Å². The topological polar surface area (TPSA) is 29.1 Å². The van der Waals surface area contributed by atoms with Crippen molar-refractivity contribution in [2.45, 2.75) is 105 Å². The number of hydrogen-bond acceptors (Lipinski definition) is 1. The summed E-state index contributed by atoms with van der Waals surface area (Å²) in [6.07, 6.45) is 14.8. The van der Waals surface area contributed by atoms with Gasteiger partial charge in [-0.05, 0) is 86.4 Å². The minimum absolute atomic E-state index is 0.169. The molecule has 0 saturated heterocycles. The Labute approximate surface area is 179 Å². The molecule has 29 heavy (non-hydrogen) atoms. The molecule has 1 N–H and O–H groups in total. The maximum atomic E-state index is 12.3. The van der Waals surface area contributed by atoms with Crippen molar-refractivity contribution in [3.63, 3.8) is 0 Å². The number of carbonyl (C=O) groups is 1. The van der Waals surface area contributed by atoms with Gasteiger partial charge in [-0.3, -0.25) is 4.79 Å².